The molecule has 0 radical (unpaired) electrons. The molecule has 1 aliphatic carbocycles. The minimum Gasteiger partial charge on any atom is -0.492 e. The molecule has 0 atom stereocenters. The van der Waals surface area contributed by atoms with Gasteiger partial charge < -0.3 is 14.8 Å². The number of aryl methyl sites for hydroxylation is 2. The highest BCUT2D eigenvalue weighted by atomic mass is 16.5. The van der Waals surface area contributed by atoms with E-state index in [0.717, 1.165) is 62.6 Å². The first-order valence-corrected chi connectivity index (χ1v) is 10.7. The molecule has 2 aromatic carbocycles. The quantitative estimate of drug-likeness (QED) is 0.784. The summed E-state index contributed by atoms with van der Waals surface area (Å²) < 4.78 is 11.3. The minimum absolute atomic E-state index is 0.0167. The topological polar surface area (TPSA) is 50.8 Å². The van der Waals surface area contributed by atoms with Crippen molar-refractivity contribution in [2.45, 2.75) is 32.2 Å². The first kappa shape index (κ1) is 19.9. The van der Waals surface area contributed by atoms with E-state index in [1.54, 1.807) is 0 Å². The molecule has 0 unspecified atom stereocenters. The van der Waals surface area contributed by atoms with Gasteiger partial charge >= 0.3 is 0 Å². The molecule has 0 saturated carbocycles. The van der Waals surface area contributed by atoms with Crippen molar-refractivity contribution in [2.24, 2.45) is 0 Å². The Morgan fingerprint density at radius 1 is 1.03 bits per heavy atom. The van der Waals surface area contributed by atoms with E-state index in [2.05, 4.69) is 22.3 Å². The second kappa shape index (κ2) is 9.90. The number of fused-ring (bicyclic) bond motifs is 1. The van der Waals surface area contributed by atoms with Crippen LogP contribution in [0.3, 0.4) is 0 Å². The maximum atomic E-state index is 12.6. The standard InChI is InChI=1S/C24H30N2O3/c27-24(22-9-8-20-5-1-2-6-21(20)17-22)25-18-19-4-3-7-23(16-19)29-15-12-26-10-13-28-14-11-26/h3-4,7-9,16-17H,1-2,5-6,10-15,18H2,(H,25,27). The molecule has 5 heteroatoms. The van der Waals surface area contributed by atoms with Gasteiger partial charge in [0, 0.05) is 31.7 Å². The number of ether oxygens (including phenoxy) is 2. The van der Waals surface area contributed by atoms with Gasteiger partial charge in [-0.1, -0.05) is 18.2 Å². The smallest absolute Gasteiger partial charge is 0.251 e. The van der Waals surface area contributed by atoms with Crippen LogP contribution in [0.5, 0.6) is 5.75 Å². The van der Waals surface area contributed by atoms with Crippen LogP contribution in [-0.2, 0) is 24.1 Å². The first-order valence-electron chi connectivity index (χ1n) is 10.7. The summed E-state index contributed by atoms with van der Waals surface area (Å²) in [6.07, 6.45) is 4.69. The van der Waals surface area contributed by atoms with Crippen molar-refractivity contribution in [3.63, 3.8) is 0 Å². The van der Waals surface area contributed by atoms with Crippen LogP contribution >= 0.6 is 0 Å². The zero-order valence-corrected chi connectivity index (χ0v) is 17.0. The van der Waals surface area contributed by atoms with Gasteiger partial charge in [0.25, 0.3) is 5.91 Å². The van der Waals surface area contributed by atoms with Crippen molar-refractivity contribution in [3.05, 3.63) is 64.7 Å². The van der Waals surface area contributed by atoms with Crippen molar-refractivity contribution in [2.75, 3.05) is 39.5 Å². The fourth-order valence-corrected chi connectivity index (χ4v) is 4.02. The Morgan fingerprint density at radius 3 is 2.72 bits per heavy atom. The van der Waals surface area contributed by atoms with Crippen LogP contribution in [0.1, 0.15) is 39.9 Å². The van der Waals surface area contributed by atoms with Crippen molar-refractivity contribution in [1.29, 1.82) is 0 Å². The number of morpholine rings is 1. The van der Waals surface area contributed by atoms with E-state index in [1.807, 2.05) is 30.3 Å². The molecule has 5 nitrogen and oxygen atoms in total. The zero-order valence-electron chi connectivity index (χ0n) is 17.0. The summed E-state index contributed by atoms with van der Waals surface area (Å²) >= 11 is 0. The highest BCUT2D eigenvalue weighted by molar-refractivity contribution is 5.94. The fraction of sp³-hybridized carbons (Fsp3) is 0.458. The van der Waals surface area contributed by atoms with Crippen molar-refractivity contribution < 1.29 is 14.3 Å². The molecule has 1 saturated heterocycles. The van der Waals surface area contributed by atoms with E-state index in [-0.39, 0.29) is 5.91 Å². The van der Waals surface area contributed by atoms with Gasteiger partial charge in [0.05, 0.1) is 13.2 Å². The van der Waals surface area contributed by atoms with Crippen molar-refractivity contribution in [3.8, 4) is 5.75 Å². The van der Waals surface area contributed by atoms with E-state index in [1.165, 1.54) is 24.0 Å². The monoisotopic (exact) mass is 394 g/mol. The molecule has 1 fully saturated rings. The van der Waals surface area contributed by atoms with Crippen molar-refractivity contribution in [1.82, 2.24) is 10.2 Å². The SMILES string of the molecule is O=C(NCc1cccc(OCCN2CCOCC2)c1)c1ccc2c(c1)CCCC2. The molecule has 29 heavy (non-hydrogen) atoms. The Balaban J connectivity index is 1.27. The molecular formula is C24H30N2O3. The predicted molar refractivity (Wildman–Crippen MR) is 113 cm³/mol. The van der Waals surface area contributed by atoms with E-state index < -0.39 is 0 Å². The third kappa shape index (κ3) is 5.58. The van der Waals surface area contributed by atoms with Crippen LogP contribution in [0.2, 0.25) is 0 Å². The van der Waals surface area contributed by atoms with Gasteiger partial charge in [0.15, 0.2) is 0 Å². The van der Waals surface area contributed by atoms with Crippen LogP contribution in [0.15, 0.2) is 42.5 Å². The average molecular weight is 395 g/mol. The Labute approximate surface area is 173 Å². The number of nitrogens with one attached hydrogen (secondary N) is 1. The second-order valence-corrected chi connectivity index (χ2v) is 7.82. The molecule has 0 spiro atoms. The molecule has 0 aromatic heterocycles. The largest absolute Gasteiger partial charge is 0.492 e. The van der Waals surface area contributed by atoms with Crippen LogP contribution in [0.4, 0.5) is 0 Å². The summed E-state index contributed by atoms with van der Waals surface area (Å²) in [5, 5.41) is 3.04. The Hall–Kier alpha value is -2.37. The fourth-order valence-electron chi connectivity index (χ4n) is 4.02. The first-order chi connectivity index (χ1) is 14.3. The molecule has 2 aliphatic rings. The van der Waals surface area contributed by atoms with E-state index in [9.17, 15) is 4.79 Å². The van der Waals surface area contributed by atoms with E-state index in [4.69, 9.17) is 9.47 Å². The van der Waals surface area contributed by atoms with Crippen LogP contribution in [-0.4, -0.2) is 50.3 Å². The number of benzene rings is 2. The molecule has 1 heterocycles. The maximum Gasteiger partial charge on any atom is 0.251 e. The summed E-state index contributed by atoms with van der Waals surface area (Å²) in [6.45, 7) is 5.61. The lowest BCUT2D eigenvalue weighted by Gasteiger charge is -2.26. The van der Waals surface area contributed by atoms with Gasteiger partial charge in [-0.15, -0.1) is 0 Å². The third-order valence-corrected chi connectivity index (χ3v) is 5.74. The summed E-state index contributed by atoms with van der Waals surface area (Å²) in [5.74, 6) is 0.829. The maximum absolute atomic E-state index is 12.6. The molecule has 1 N–H and O–H groups in total. The van der Waals surface area contributed by atoms with Gasteiger partial charge in [0.2, 0.25) is 0 Å². The van der Waals surface area contributed by atoms with Gasteiger partial charge in [0.1, 0.15) is 12.4 Å². The molecular weight excluding hydrogens is 364 g/mol. The van der Waals surface area contributed by atoms with E-state index >= 15 is 0 Å². The summed E-state index contributed by atoms with van der Waals surface area (Å²) in [4.78, 5) is 14.9. The Bertz CT molecular complexity index is 831. The number of amides is 1. The van der Waals surface area contributed by atoms with Crippen LogP contribution < -0.4 is 10.1 Å². The molecule has 4 rings (SSSR count). The average Bonchev–Trinajstić information content (AvgIpc) is 2.78. The number of rotatable bonds is 7. The lowest BCUT2D eigenvalue weighted by Crippen LogP contribution is -2.38. The van der Waals surface area contributed by atoms with Crippen LogP contribution in [0, 0.1) is 0 Å². The number of carbonyl (C=O) groups excluding carboxylic acids is 1. The van der Waals surface area contributed by atoms with Gasteiger partial charge in [-0.05, 0) is 66.6 Å². The molecule has 0 bridgehead atoms. The number of nitrogens with zero attached hydrogens (tertiary/aromatic N) is 1. The van der Waals surface area contributed by atoms with Gasteiger partial charge in [-0.2, -0.15) is 0 Å². The normalized spacial score (nSPS) is 16.8. The lowest BCUT2D eigenvalue weighted by atomic mass is 9.90. The third-order valence-electron chi connectivity index (χ3n) is 5.74. The molecule has 154 valence electrons. The number of carbonyl (C=O) groups is 1. The van der Waals surface area contributed by atoms with Gasteiger partial charge in [-0.25, -0.2) is 0 Å². The number of hydrogen-bond acceptors (Lipinski definition) is 4. The number of hydrogen-bond donors (Lipinski definition) is 1. The minimum atomic E-state index is -0.0167. The zero-order chi connectivity index (χ0) is 19.9. The van der Waals surface area contributed by atoms with Crippen LogP contribution in [0.25, 0.3) is 0 Å². The highest BCUT2D eigenvalue weighted by Crippen LogP contribution is 2.22. The second-order valence-electron chi connectivity index (χ2n) is 7.82. The highest BCUT2D eigenvalue weighted by Gasteiger charge is 2.13. The predicted octanol–water partition coefficient (Wildman–Crippen LogP) is 3.21. The Kier molecular flexibility index (Phi) is 6.80. The molecule has 1 aliphatic heterocycles. The Morgan fingerprint density at radius 2 is 1.86 bits per heavy atom. The molecule has 1 amide bonds. The summed E-state index contributed by atoms with van der Waals surface area (Å²) in [6, 6.07) is 14.1. The summed E-state index contributed by atoms with van der Waals surface area (Å²) in [7, 11) is 0. The van der Waals surface area contributed by atoms with E-state index in [0.29, 0.717) is 13.2 Å². The van der Waals surface area contributed by atoms with Crippen molar-refractivity contribution >= 4 is 5.91 Å². The lowest BCUT2D eigenvalue weighted by molar-refractivity contribution is 0.0322. The summed E-state index contributed by atoms with van der Waals surface area (Å²) in [5.41, 5.74) is 4.53. The van der Waals surface area contributed by atoms with Gasteiger partial charge in [-0.3, -0.25) is 9.69 Å². The molecule has 2 aromatic rings.